The van der Waals surface area contributed by atoms with E-state index in [4.69, 9.17) is 0 Å². The van der Waals surface area contributed by atoms with Crippen molar-refractivity contribution in [2.75, 3.05) is 13.1 Å². The van der Waals surface area contributed by atoms with Gasteiger partial charge in [-0.3, -0.25) is 14.9 Å². The van der Waals surface area contributed by atoms with Gasteiger partial charge in [-0.15, -0.1) is 12.4 Å². The standard InChI is InChI=1S/C17H25N3O3.ClH/c1-11-10-18-8-7-14(11)19-16(21)12-5-6-13(17(2,3)4)15(9-12)20(22)23;/h5-6,9,11,14,18H,7-8,10H2,1-4H3,(H,19,21);1H. The molecule has 6 nitrogen and oxygen atoms in total. The number of nitro groups is 1. The molecule has 2 atom stereocenters. The van der Waals surface area contributed by atoms with Gasteiger partial charge in [0.05, 0.1) is 4.92 Å². The number of benzene rings is 1. The van der Waals surface area contributed by atoms with Gasteiger partial charge in [-0.2, -0.15) is 0 Å². The van der Waals surface area contributed by atoms with Gasteiger partial charge in [0.1, 0.15) is 0 Å². The van der Waals surface area contributed by atoms with Crippen LogP contribution in [-0.4, -0.2) is 30.0 Å². The molecule has 0 saturated carbocycles. The lowest BCUT2D eigenvalue weighted by Crippen LogP contribution is -2.48. The summed E-state index contributed by atoms with van der Waals surface area (Å²) in [7, 11) is 0. The number of halogens is 1. The Balaban J connectivity index is 0.00000288. The van der Waals surface area contributed by atoms with E-state index in [0.717, 1.165) is 19.5 Å². The number of hydrogen-bond acceptors (Lipinski definition) is 4. The monoisotopic (exact) mass is 355 g/mol. The second kappa shape index (κ2) is 7.94. The predicted molar refractivity (Wildman–Crippen MR) is 96.9 cm³/mol. The molecule has 1 aromatic rings. The van der Waals surface area contributed by atoms with Crippen LogP contribution in [0.15, 0.2) is 18.2 Å². The summed E-state index contributed by atoms with van der Waals surface area (Å²) in [4.78, 5) is 23.4. The highest BCUT2D eigenvalue weighted by Gasteiger charge is 2.27. The molecule has 0 spiro atoms. The van der Waals surface area contributed by atoms with Crippen LogP contribution >= 0.6 is 12.4 Å². The molecule has 1 aliphatic heterocycles. The summed E-state index contributed by atoms with van der Waals surface area (Å²) in [6, 6.07) is 4.86. The summed E-state index contributed by atoms with van der Waals surface area (Å²) in [6.45, 7) is 9.60. The molecule has 2 unspecified atom stereocenters. The van der Waals surface area contributed by atoms with Crippen LogP contribution in [0.4, 0.5) is 5.69 Å². The van der Waals surface area contributed by atoms with Crippen molar-refractivity contribution in [1.82, 2.24) is 10.6 Å². The van der Waals surface area contributed by atoms with E-state index in [1.807, 2.05) is 20.8 Å². The number of hydrogen-bond donors (Lipinski definition) is 2. The van der Waals surface area contributed by atoms with Crippen LogP contribution in [0.2, 0.25) is 0 Å². The molecule has 24 heavy (non-hydrogen) atoms. The van der Waals surface area contributed by atoms with Gasteiger partial charge in [0, 0.05) is 23.2 Å². The molecule has 1 aromatic carbocycles. The minimum atomic E-state index is -0.412. The number of nitrogens with zero attached hydrogens (tertiary/aromatic N) is 1. The summed E-state index contributed by atoms with van der Waals surface area (Å²) in [5.41, 5.74) is 0.634. The molecular formula is C17H26ClN3O3. The lowest BCUT2D eigenvalue weighted by Gasteiger charge is -2.30. The van der Waals surface area contributed by atoms with E-state index in [1.165, 1.54) is 6.07 Å². The smallest absolute Gasteiger partial charge is 0.273 e. The normalized spacial score (nSPS) is 20.8. The van der Waals surface area contributed by atoms with E-state index in [1.54, 1.807) is 12.1 Å². The highest BCUT2D eigenvalue weighted by molar-refractivity contribution is 5.95. The zero-order valence-electron chi connectivity index (χ0n) is 14.6. The molecular weight excluding hydrogens is 330 g/mol. The molecule has 134 valence electrons. The first kappa shape index (κ1) is 20.4. The molecule has 0 bridgehead atoms. The fourth-order valence-corrected chi connectivity index (χ4v) is 2.94. The van der Waals surface area contributed by atoms with Crippen molar-refractivity contribution in [2.24, 2.45) is 5.92 Å². The van der Waals surface area contributed by atoms with Gasteiger partial charge < -0.3 is 10.6 Å². The van der Waals surface area contributed by atoms with Crippen LogP contribution < -0.4 is 10.6 Å². The molecule has 2 N–H and O–H groups in total. The average molecular weight is 356 g/mol. The van der Waals surface area contributed by atoms with Crippen molar-refractivity contribution < 1.29 is 9.72 Å². The third kappa shape index (κ3) is 4.68. The van der Waals surface area contributed by atoms with E-state index in [-0.39, 0.29) is 35.5 Å². The van der Waals surface area contributed by atoms with Crippen molar-refractivity contribution in [1.29, 1.82) is 0 Å². The maximum Gasteiger partial charge on any atom is 0.273 e. The number of piperidine rings is 1. The summed E-state index contributed by atoms with van der Waals surface area (Å²) in [5.74, 6) is 0.101. The molecule has 1 fully saturated rings. The zero-order valence-corrected chi connectivity index (χ0v) is 15.4. The Labute approximate surface area is 149 Å². The first-order valence-corrected chi connectivity index (χ1v) is 8.00. The number of nitrogens with one attached hydrogen (secondary N) is 2. The fourth-order valence-electron chi connectivity index (χ4n) is 2.94. The van der Waals surface area contributed by atoms with Crippen LogP contribution in [0.3, 0.4) is 0 Å². The quantitative estimate of drug-likeness (QED) is 0.644. The van der Waals surface area contributed by atoms with Crippen molar-refractivity contribution in [2.45, 2.75) is 45.6 Å². The SMILES string of the molecule is CC1CNCCC1NC(=O)c1ccc(C(C)(C)C)c([N+](=O)[O-])c1.Cl. The highest BCUT2D eigenvalue weighted by Crippen LogP contribution is 2.31. The molecule has 1 saturated heterocycles. The Morgan fingerprint density at radius 1 is 1.38 bits per heavy atom. The van der Waals surface area contributed by atoms with Crippen LogP contribution in [0, 0.1) is 16.0 Å². The van der Waals surface area contributed by atoms with Crippen molar-refractivity contribution in [3.63, 3.8) is 0 Å². The Morgan fingerprint density at radius 2 is 2.04 bits per heavy atom. The summed E-state index contributed by atoms with van der Waals surface area (Å²) in [5, 5.41) is 17.6. The Hall–Kier alpha value is -1.66. The van der Waals surface area contributed by atoms with Crippen LogP contribution in [0.25, 0.3) is 0 Å². The van der Waals surface area contributed by atoms with Gasteiger partial charge >= 0.3 is 0 Å². The first-order valence-electron chi connectivity index (χ1n) is 8.00. The molecule has 1 aliphatic rings. The topological polar surface area (TPSA) is 84.3 Å². The maximum absolute atomic E-state index is 12.4. The van der Waals surface area contributed by atoms with Crippen LogP contribution in [0.5, 0.6) is 0 Å². The third-order valence-corrected chi connectivity index (χ3v) is 4.37. The number of rotatable bonds is 3. The van der Waals surface area contributed by atoms with Crippen molar-refractivity contribution in [3.8, 4) is 0 Å². The largest absolute Gasteiger partial charge is 0.349 e. The van der Waals surface area contributed by atoms with E-state index >= 15 is 0 Å². The minimum Gasteiger partial charge on any atom is -0.349 e. The summed E-state index contributed by atoms with van der Waals surface area (Å²) in [6.07, 6.45) is 0.870. The molecule has 7 heteroatoms. The molecule has 1 amide bonds. The predicted octanol–water partition coefficient (Wildman–Crippen LogP) is 3.04. The zero-order chi connectivity index (χ0) is 17.2. The van der Waals surface area contributed by atoms with E-state index in [9.17, 15) is 14.9 Å². The van der Waals surface area contributed by atoms with Crippen LogP contribution in [0.1, 0.15) is 50.0 Å². The van der Waals surface area contributed by atoms with Crippen molar-refractivity contribution >= 4 is 24.0 Å². The minimum absolute atomic E-state index is 0. The van der Waals surface area contributed by atoms with Gasteiger partial charge in [0.15, 0.2) is 0 Å². The Kier molecular flexibility index (Phi) is 6.75. The summed E-state index contributed by atoms with van der Waals surface area (Å²) < 4.78 is 0. The van der Waals surface area contributed by atoms with Gasteiger partial charge in [-0.05, 0) is 36.9 Å². The molecule has 0 radical (unpaired) electrons. The van der Waals surface area contributed by atoms with Gasteiger partial charge in [-0.1, -0.05) is 33.8 Å². The third-order valence-electron chi connectivity index (χ3n) is 4.37. The molecule has 1 heterocycles. The second-order valence-corrected chi connectivity index (χ2v) is 7.29. The average Bonchev–Trinajstić information content (AvgIpc) is 2.48. The number of amides is 1. The van der Waals surface area contributed by atoms with Crippen molar-refractivity contribution in [3.05, 3.63) is 39.4 Å². The van der Waals surface area contributed by atoms with Gasteiger partial charge in [-0.25, -0.2) is 0 Å². The summed E-state index contributed by atoms with van der Waals surface area (Å²) >= 11 is 0. The maximum atomic E-state index is 12.4. The number of carbonyl (C=O) groups is 1. The highest BCUT2D eigenvalue weighted by atomic mass is 35.5. The molecule has 2 rings (SSSR count). The van der Waals surface area contributed by atoms with E-state index in [2.05, 4.69) is 17.6 Å². The Morgan fingerprint density at radius 3 is 2.58 bits per heavy atom. The molecule has 0 aliphatic carbocycles. The van der Waals surface area contributed by atoms with Gasteiger partial charge in [0.25, 0.3) is 11.6 Å². The lowest BCUT2D eigenvalue weighted by atomic mass is 9.85. The first-order chi connectivity index (χ1) is 10.7. The van der Waals surface area contributed by atoms with E-state index in [0.29, 0.717) is 17.0 Å². The number of carbonyl (C=O) groups excluding carboxylic acids is 1. The molecule has 0 aromatic heterocycles. The van der Waals surface area contributed by atoms with Gasteiger partial charge in [0.2, 0.25) is 0 Å². The van der Waals surface area contributed by atoms with Crippen LogP contribution in [-0.2, 0) is 5.41 Å². The lowest BCUT2D eigenvalue weighted by molar-refractivity contribution is -0.386. The second-order valence-electron chi connectivity index (χ2n) is 7.29. The Bertz CT molecular complexity index is 614. The fraction of sp³-hybridized carbons (Fsp3) is 0.588. The van der Waals surface area contributed by atoms with E-state index < -0.39 is 4.92 Å². The number of nitro benzene ring substituents is 1.